The van der Waals surface area contributed by atoms with Gasteiger partial charge < -0.3 is 14.7 Å². The lowest BCUT2D eigenvalue weighted by atomic mass is 10.1. The highest BCUT2D eigenvalue weighted by Crippen LogP contribution is 2.31. The summed E-state index contributed by atoms with van der Waals surface area (Å²) in [6.07, 6.45) is 0.430. The maximum absolute atomic E-state index is 12.0. The minimum Gasteiger partial charge on any atom is -0.490 e. The minimum atomic E-state index is -0.435. The number of rotatable bonds is 3. The van der Waals surface area contributed by atoms with E-state index in [0.717, 1.165) is 11.4 Å². The van der Waals surface area contributed by atoms with Gasteiger partial charge in [-0.1, -0.05) is 12.1 Å². The van der Waals surface area contributed by atoms with Crippen LogP contribution in [0.2, 0.25) is 0 Å². The zero-order chi connectivity index (χ0) is 12.3. The summed E-state index contributed by atoms with van der Waals surface area (Å²) in [6.45, 7) is 2.80. The normalized spacial score (nSPS) is 16.0. The highest BCUT2D eigenvalue weighted by Gasteiger charge is 2.22. The van der Waals surface area contributed by atoms with E-state index in [9.17, 15) is 9.90 Å². The molecule has 1 unspecified atom stereocenters. The number of para-hydroxylation sites is 2. The van der Waals surface area contributed by atoms with Gasteiger partial charge in [0.05, 0.1) is 18.3 Å². The van der Waals surface area contributed by atoms with Gasteiger partial charge in [-0.2, -0.15) is 0 Å². The Morgan fingerprint density at radius 2 is 2.29 bits per heavy atom. The lowest BCUT2D eigenvalue weighted by Crippen LogP contribution is -2.38. The number of ether oxygens (including phenoxy) is 1. The Morgan fingerprint density at radius 1 is 1.53 bits per heavy atom. The van der Waals surface area contributed by atoms with Crippen LogP contribution in [0.1, 0.15) is 19.8 Å². The Bertz CT molecular complexity index is 403. The Balaban J connectivity index is 2.10. The number of aliphatic hydroxyl groups excluding tert-OH is 1. The predicted octanol–water partition coefficient (Wildman–Crippen LogP) is 1.57. The summed E-state index contributed by atoms with van der Waals surface area (Å²) < 4.78 is 5.49. The summed E-state index contributed by atoms with van der Waals surface area (Å²) in [7, 11) is 0. The molecule has 0 saturated heterocycles. The molecule has 0 radical (unpaired) electrons. The summed E-state index contributed by atoms with van der Waals surface area (Å²) in [4.78, 5) is 13.8. The average molecular weight is 235 g/mol. The second kappa shape index (κ2) is 5.19. The van der Waals surface area contributed by atoms with Gasteiger partial charge in [0.1, 0.15) is 12.4 Å². The van der Waals surface area contributed by atoms with Crippen LogP contribution < -0.4 is 9.64 Å². The first-order valence-corrected chi connectivity index (χ1v) is 5.89. The van der Waals surface area contributed by atoms with Crippen molar-refractivity contribution < 1.29 is 14.6 Å². The number of amides is 1. The van der Waals surface area contributed by atoms with Crippen molar-refractivity contribution in [2.24, 2.45) is 0 Å². The van der Waals surface area contributed by atoms with Gasteiger partial charge in [-0.3, -0.25) is 4.79 Å². The van der Waals surface area contributed by atoms with Gasteiger partial charge in [0.25, 0.3) is 0 Å². The van der Waals surface area contributed by atoms with Gasteiger partial charge in [-0.05, 0) is 25.5 Å². The number of fused-ring (bicyclic) bond motifs is 1. The molecule has 0 saturated carbocycles. The van der Waals surface area contributed by atoms with Crippen molar-refractivity contribution in [1.29, 1.82) is 0 Å². The van der Waals surface area contributed by atoms with E-state index < -0.39 is 6.10 Å². The van der Waals surface area contributed by atoms with E-state index in [4.69, 9.17) is 4.74 Å². The number of anilines is 1. The molecule has 1 aliphatic rings. The molecule has 1 atom stereocenters. The Kier molecular flexibility index (Phi) is 3.64. The van der Waals surface area contributed by atoms with Crippen LogP contribution in [-0.2, 0) is 4.79 Å². The van der Waals surface area contributed by atoms with E-state index >= 15 is 0 Å². The number of hydrogen-bond acceptors (Lipinski definition) is 3. The maximum atomic E-state index is 12.0. The standard InChI is InChI=1S/C13H17NO3/c1-10(15)6-7-13(16)14-8-9-17-12-5-3-2-4-11(12)14/h2-5,10,15H,6-9H2,1H3. The molecule has 1 aromatic carbocycles. The van der Waals surface area contributed by atoms with Crippen molar-refractivity contribution in [1.82, 2.24) is 0 Å². The van der Waals surface area contributed by atoms with Gasteiger partial charge in [-0.25, -0.2) is 0 Å². The van der Waals surface area contributed by atoms with Gasteiger partial charge in [0.2, 0.25) is 5.91 Å². The highest BCUT2D eigenvalue weighted by molar-refractivity contribution is 5.95. The molecule has 4 nitrogen and oxygen atoms in total. The van der Waals surface area contributed by atoms with Crippen LogP contribution in [-0.4, -0.2) is 30.3 Å². The molecule has 92 valence electrons. The molecular formula is C13H17NO3. The molecule has 0 fully saturated rings. The number of hydrogen-bond donors (Lipinski definition) is 1. The summed E-state index contributed by atoms with van der Waals surface area (Å²) in [5.74, 6) is 0.797. The molecule has 1 amide bonds. The second-order valence-electron chi connectivity index (χ2n) is 4.25. The zero-order valence-electron chi connectivity index (χ0n) is 9.93. The zero-order valence-corrected chi connectivity index (χ0v) is 9.93. The number of nitrogens with zero attached hydrogens (tertiary/aromatic N) is 1. The fourth-order valence-corrected chi connectivity index (χ4v) is 1.90. The van der Waals surface area contributed by atoms with E-state index in [-0.39, 0.29) is 5.91 Å². The molecule has 1 aliphatic heterocycles. The van der Waals surface area contributed by atoms with Crippen LogP contribution in [0.3, 0.4) is 0 Å². The van der Waals surface area contributed by atoms with Crippen LogP contribution >= 0.6 is 0 Å². The highest BCUT2D eigenvalue weighted by atomic mass is 16.5. The molecule has 4 heteroatoms. The van der Waals surface area contributed by atoms with Crippen LogP contribution in [0.5, 0.6) is 5.75 Å². The first kappa shape index (κ1) is 11.9. The maximum Gasteiger partial charge on any atom is 0.227 e. The SMILES string of the molecule is CC(O)CCC(=O)N1CCOc2ccccc21. The Hall–Kier alpha value is -1.55. The largest absolute Gasteiger partial charge is 0.490 e. The van der Waals surface area contributed by atoms with Crippen molar-refractivity contribution in [3.05, 3.63) is 24.3 Å². The van der Waals surface area contributed by atoms with Crippen molar-refractivity contribution in [3.63, 3.8) is 0 Å². The number of aliphatic hydroxyl groups is 1. The summed E-state index contributed by atoms with van der Waals surface area (Å²) in [5, 5.41) is 9.20. The third kappa shape index (κ3) is 2.77. The second-order valence-corrected chi connectivity index (χ2v) is 4.25. The van der Waals surface area contributed by atoms with E-state index in [1.807, 2.05) is 24.3 Å². The van der Waals surface area contributed by atoms with Gasteiger partial charge in [-0.15, -0.1) is 0 Å². The fourth-order valence-electron chi connectivity index (χ4n) is 1.90. The fraction of sp³-hybridized carbons (Fsp3) is 0.462. The Labute approximate surface area is 101 Å². The lowest BCUT2D eigenvalue weighted by molar-refractivity contribution is -0.119. The molecule has 17 heavy (non-hydrogen) atoms. The van der Waals surface area contributed by atoms with Gasteiger partial charge >= 0.3 is 0 Å². The number of carbonyl (C=O) groups is 1. The number of benzene rings is 1. The van der Waals surface area contributed by atoms with Crippen molar-refractivity contribution >= 4 is 11.6 Å². The summed E-state index contributed by atoms with van der Waals surface area (Å²) in [6, 6.07) is 7.53. The van der Waals surface area contributed by atoms with E-state index in [1.165, 1.54) is 0 Å². The van der Waals surface area contributed by atoms with Gasteiger partial charge in [0.15, 0.2) is 0 Å². The van der Waals surface area contributed by atoms with Crippen LogP contribution in [0.15, 0.2) is 24.3 Å². The van der Waals surface area contributed by atoms with E-state index in [1.54, 1.807) is 11.8 Å². The molecule has 1 heterocycles. The molecule has 2 rings (SSSR count). The van der Waals surface area contributed by atoms with Crippen molar-refractivity contribution in [2.75, 3.05) is 18.1 Å². The summed E-state index contributed by atoms with van der Waals surface area (Å²) in [5.41, 5.74) is 0.828. The molecule has 0 aromatic heterocycles. The third-order valence-electron chi connectivity index (χ3n) is 2.81. The van der Waals surface area contributed by atoms with E-state index in [0.29, 0.717) is 26.0 Å². The van der Waals surface area contributed by atoms with Crippen LogP contribution in [0.25, 0.3) is 0 Å². The quantitative estimate of drug-likeness (QED) is 0.865. The molecule has 0 bridgehead atoms. The summed E-state index contributed by atoms with van der Waals surface area (Å²) >= 11 is 0. The van der Waals surface area contributed by atoms with Crippen molar-refractivity contribution in [3.8, 4) is 5.75 Å². The van der Waals surface area contributed by atoms with Gasteiger partial charge in [0, 0.05) is 6.42 Å². The minimum absolute atomic E-state index is 0.0432. The van der Waals surface area contributed by atoms with Crippen LogP contribution in [0.4, 0.5) is 5.69 Å². The lowest BCUT2D eigenvalue weighted by Gasteiger charge is -2.29. The van der Waals surface area contributed by atoms with Crippen LogP contribution in [0, 0.1) is 0 Å². The smallest absolute Gasteiger partial charge is 0.227 e. The molecule has 0 aliphatic carbocycles. The average Bonchev–Trinajstić information content (AvgIpc) is 2.35. The Morgan fingerprint density at radius 3 is 3.06 bits per heavy atom. The molecule has 1 N–H and O–H groups in total. The first-order valence-electron chi connectivity index (χ1n) is 5.89. The number of carbonyl (C=O) groups excluding carboxylic acids is 1. The third-order valence-corrected chi connectivity index (χ3v) is 2.81. The topological polar surface area (TPSA) is 49.8 Å². The first-order chi connectivity index (χ1) is 8.18. The van der Waals surface area contributed by atoms with Crippen molar-refractivity contribution in [2.45, 2.75) is 25.9 Å². The molecular weight excluding hydrogens is 218 g/mol. The van der Waals surface area contributed by atoms with E-state index in [2.05, 4.69) is 0 Å². The predicted molar refractivity (Wildman–Crippen MR) is 65.2 cm³/mol. The monoisotopic (exact) mass is 235 g/mol. The molecule has 1 aromatic rings. The molecule has 0 spiro atoms.